The van der Waals surface area contributed by atoms with Crippen molar-refractivity contribution in [3.8, 4) is 0 Å². The van der Waals surface area contributed by atoms with Gasteiger partial charge in [-0.2, -0.15) is 12.6 Å². The Morgan fingerprint density at radius 3 is 2.00 bits per heavy atom. The normalized spacial score (nSPS) is 19.8. The Morgan fingerprint density at radius 2 is 1.33 bits per heavy atom. The number of thiol groups is 1. The number of rotatable bonds is 6. The second kappa shape index (κ2) is 9.53. The molecule has 1 saturated heterocycles. The van der Waals surface area contributed by atoms with Crippen LogP contribution in [-0.4, -0.2) is 30.3 Å². The van der Waals surface area contributed by atoms with Crippen molar-refractivity contribution in [3.05, 3.63) is 0 Å². The van der Waals surface area contributed by atoms with Gasteiger partial charge >= 0.3 is 0 Å². The molecule has 0 aromatic rings. The Kier molecular flexibility index (Phi) is 8.50. The first-order valence-corrected chi connectivity index (χ1v) is 7.40. The first-order chi connectivity index (χ1) is 7.43. The molecule has 0 unspecified atom stereocenters. The molecular formula is C13H27NS. The van der Waals surface area contributed by atoms with Gasteiger partial charge in [-0.1, -0.05) is 32.1 Å². The van der Waals surface area contributed by atoms with E-state index in [2.05, 4.69) is 17.5 Å². The summed E-state index contributed by atoms with van der Waals surface area (Å²) in [6.07, 6.45) is 12.7. The van der Waals surface area contributed by atoms with Crippen molar-refractivity contribution in [3.63, 3.8) is 0 Å². The molecule has 0 aromatic heterocycles. The van der Waals surface area contributed by atoms with E-state index >= 15 is 0 Å². The smallest absolute Gasteiger partial charge is 0.00187 e. The number of likely N-dealkylation sites (tertiary alicyclic amines) is 1. The van der Waals surface area contributed by atoms with Gasteiger partial charge in [0.2, 0.25) is 0 Å². The first kappa shape index (κ1) is 13.4. The average molecular weight is 229 g/mol. The number of nitrogens with zero attached hydrogens (tertiary/aromatic N) is 1. The minimum Gasteiger partial charge on any atom is -0.303 e. The van der Waals surface area contributed by atoms with Crippen LogP contribution in [0, 0.1) is 0 Å². The third-order valence-corrected chi connectivity index (χ3v) is 3.65. The van der Waals surface area contributed by atoms with Crippen molar-refractivity contribution in [1.29, 1.82) is 0 Å². The molecule has 1 rings (SSSR count). The molecule has 0 aliphatic carbocycles. The summed E-state index contributed by atoms with van der Waals surface area (Å²) in [4.78, 5) is 2.68. The van der Waals surface area contributed by atoms with E-state index in [-0.39, 0.29) is 0 Å². The highest BCUT2D eigenvalue weighted by molar-refractivity contribution is 7.80. The summed E-state index contributed by atoms with van der Waals surface area (Å²) < 4.78 is 0. The van der Waals surface area contributed by atoms with Crippen LogP contribution in [0.4, 0.5) is 0 Å². The molecule has 0 radical (unpaired) electrons. The molecule has 0 spiro atoms. The molecular weight excluding hydrogens is 202 g/mol. The van der Waals surface area contributed by atoms with E-state index in [1.54, 1.807) is 0 Å². The summed E-state index contributed by atoms with van der Waals surface area (Å²) >= 11 is 4.24. The zero-order valence-corrected chi connectivity index (χ0v) is 11.0. The third kappa shape index (κ3) is 7.24. The zero-order valence-electron chi connectivity index (χ0n) is 10.1. The lowest BCUT2D eigenvalue weighted by atomic mass is 10.1. The van der Waals surface area contributed by atoms with Crippen molar-refractivity contribution in [2.24, 2.45) is 0 Å². The summed E-state index contributed by atoms with van der Waals surface area (Å²) in [7, 11) is 0. The van der Waals surface area contributed by atoms with Gasteiger partial charge in [-0.05, 0) is 51.1 Å². The van der Waals surface area contributed by atoms with Gasteiger partial charge in [-0.3, -0.25) is 0 Å². The van der Waals surface area contributed by atoms with Crippen LogP contribution in [0.25, 0.3) is 0 Å². The second-order valence-electron chi connectivity index (χ2n) is 4.75. The van der Waals surface area contributed by atoms with E-state index in [4.69, 9.17) is 0 Å². The zero-order chi connectivity index (χ0) is 10.8. The summed E-state index contributed by atoms with van der Waals surface area (Å²) in [6.45, 7) is 4.05. The molecule has 0 saturated carbocycles. The molecule has 1 fully saturated rings. The number of unbranched alkanes of at least 4 members (excludes halogenated alkanes) is 3. The van der Waals surface area contributed by atoms with Crippen LogP contribution >= 0.6 is 12.6 Å². The van der Waals surface area contributed by atoms with Crippen molar-refractivity contribution in [2.45, 2.75) is 57.8 Å². The van der Waals surface area contributed by atoms with Gasteiger partial charge in [-0.15, -0.1) is 0 Å². The molecule has 15 heavy (non-hydrogen) atoms. The molecule has 1 nitrogen and oxygen atoms in total. The predicted molar refractivity (Wildman–Crippen MR) is 71.8 cm³/mol. The SMILES string of the molecule is SCCCCCCN1CCCCCCC1. The molecule has 0 N–H and O–H groups in total. The summed E-state index contributed by atoms with van der Waals surface area (Å²) in [6, 6.07) is 0. The van der Waals surface area contributed by atoms with Gasteiger partial charge in [0.05, 0.1) is 0 Å². The molecule has 0 atom stereocenters. The fourth-order valence-corrected chi connectivity index (χ4v) is 2.56. The van der Waals surface area contributed by atoms with Crippen LogP contribution in [0.2, 0.25) is 0 Å². The van der Waals surface area contributed by atoms with Gasteiger partial charge in [-0.25, -0.2) is 0 Å². The minimum absolute atomic E-state index is 1.06. The molecule has 90 valence electrons. The molecule has 0 aromatic carbocycles. The maximum absolute atomic E-state index is 4.24. The van der Waals surface area contributed by atoms with Crippen LogP contribution < -0.4 is 0 Å². The maximum Gasteiger partial charge on any atom is -0.00187 e. The fourth-order valence-electron chi connectivity index (χ4n) is 2.34. The van der Waals surface area contributed by atoms with E-state index in [0.717, 1.165) is 5.75 Å². The Labute approximate surface area is 101 Å². The van der Waals surface area contributed by atoms with Crippen molar-refractivity contribution < 1.29 is 0 Å². The van der Waals surface area contributed by atoms with Crippen LogP contribution in [0.3, 0.4) is 0 Å². The Balaban J connectivity index is 1.97. The number of hydrogen-bond donors (Lipinski definition) is 1. The molecule has 0 bridgehead atoms. The van der Waals surface area contributed by atoms with E-state index in [1.807, 2.05) is 0 Å². The Hall–Kier alpha value is 0.310. The highest BCUT2D eigenvalue weighted by Gasteiger charge is 2.06. The number of hydrogen-bond acceptors (Lipinski definition) is 2. The fraction of sp³-hybridized carbons (Fsp3) is 1.00. The summed E-state index contributed by atoms with van der Waals surface area (Å²) in [5.41, 5.74) is 0. The van der Waals surface area contributed by atoms with Crippen LogP contribution in [0.15, 0.2) is 0 Å². The monoisotopic (exact) mass is 229 g/mol. The quantitative estimate of drug-likeness (QED) is 0.536. The van der Waals surface area contributed by atoms with E-state index in [9.17, 15) is 0 Å². The van der Waals surface area contributed by atoms with Crippen LogP contribution in [0.1, 0.15) is 57.8 Å². The Morgan fingerprint density at radius 1 is 0.733 bits per heavy atom. The lowest BCUT2D eigenvalue weighted by Gasteiger charge is -2.24. The lowest BCUT2D eigenvalue weighted by Crippen LogP contribution is -2.28. The molecule has 1 aliphatic rings. The molecule has 1 aliphatic heterocycles. The average Bonchev–Trinajstić information content (AvgIpc) is 2.20. The van der Waals surface area contributed by atoms with Crippen molar-refractivity contribution >= 4 is 12.6 Å². The van der Waals surface area contributed by atoms with Gasteiger partial charge in [0.25, 0.3) is 0 Å². The predicted octanol–water partition coefficient (Wildman–Crippen LogP) is 3.74. The largest absolute Gasteiger partial charge is 0.303 e. The van der Waals surface area contributed by atoms with Gasteiger partial charge in [0.15, 0.2) is 0 Å². The minimum atomic E-state index is 1.06. The molecule has 2 heteroatoms. The van der Waals surface area contributed by atoms with Crippen LogP contribution in [0.5, 0.6) is 0 Å². The van der Waals surface area contributed by atoms with E-state index in [1.165, 1.54) is 77.4 Å². The van der Waals surface area contributed by atoms with Gasteiger partial charge in [0.1, 0.15) is 0 Å². The molecule has 1 heterocycles. The van der Waals surface area contributed by atoms with E-state index in [0.29, 0.717) is 0 Å². The highest BCUT2D eigenvalue weighted by Crippen LogP contribution is 2.11. The van der Waals surface area contributed by atoms with Crippen molar-refractivity contribution in [1.82, 2.24) is 4.90 Å². The molecule has 0 amide bonds. The highest BCUT2D eigenvalue weighted by atomic mass is 32.1. The van der Waals surface area contributed by atoms with Gasteiger partial charge < -0.3 is 4.90 Å². The van der Waals surface area contributed by atoms with Crippen LogP contribution in [-0.2, 0) is 0 Å². The standard InChI is InChI=1S/C13H27NS/c15-13-9-5-4-8-12-14-10-6-2-1-3-7-11-14/h15H,1-13H2. The first-order valence-electron chi connectivity index (χ1n) is 6.76. The lowest BCUT2D eigenvalue weighted by molar-refractivity contribution is 0.242. The second-order valence-corrected chi connectivity index (χ2v) is 5.19. The summed E-state index contributed by atoms with van der Waals surface area (Å²) in [5.74, 6) is 1.06. The summed E-state index contributed by atoms with van der Waals surface area (Å²) in [5, 5.41) is 0. The van der Waals surface area contributed by atoms with E-state index < -0.39 is 0 Å². The van der Waals surface area contributed by atoms with Gasteiger partial charge in [0, 0.05) is 0 Å². The third-order valence-electron chi connectivity index (χ3n) is 3.33. The topological polar surface area (TPSA) is 3.24 Å². The van der Waals surface area contributed by atoms with Crippen molar-refractivity contribution in [2.75, 3.05) is 25.4 Å². The Bertz CT molecular complexity index is 130. The maximum atomic E-state index is 4.24.